The van der Waals surface area contributed by atoms with Crippen molar-refractivity contribution < 1.29 is 4.79 Å². The molecule has 0 heterocycles. The summed E-state index contributed by atoms with van der Waals surface area (Å²) in [5.74, 6) is 0.0109. The van der Waals surface area contributed by atoms with Gasteiger partial charge in [0.2, 0.25) is 5.91 Å². The monoisotopic (exact) mass is 235 g/mol. The van der Waals surface area contributed by atoms with Gasteiger partial charge in [0.15, 0.2) is 0 Å². The van der Waals surface area contributed by atoms with Gasteiger partial charge in [-0.3, -0.25) is 4.79 Å². The van der Waals surface area contributed by atoms with Gasteiger partial charge in [0, 0.05) is 24.0 Å². The highest BCUT2D eigenvalue weighted by molar-refractivity contribution is 5.81. The van der Waals surface area contributed by atoms with E-state index in [0.29, 0.717) is 6.54 Å². The summed E-state index contributed by atoms with van der Waals surface area (Å²) < 4.78 is 0. The molecule has 0 fully saturated rings. The summed E-state index contributed by atoms with van der Waals surface area (Å²) in [5, 5.41) is 2.93. The minimum Gasteiger partial charge on any atom is -0.399 e. The van der Waals surface area contributed by atoms with Gasteiger partial charge in [0.1, 0.15) is 0 Å². The van der Waals surface area contributed by atoms with Crippen LogP contribution in [0.4, 0.5) is 11.4 Å². The van der Waals surface area contributed by atoms with Crippen LogP contribution in [-0.4, -0.2) is 25.0 Å². The van der Waals surface area contributed by atoms with E-state index >= 15 is 0 Å². The topological polar surface area (TPSA) is 58.4 Å². The first-order valence-electron chi connectivity index (χ1n) is 5.65. The summed E-state index contributed by atoms with van der Waals surface area (Å²) in [4.78, 5) is 13.6. The Balaban J connectivity index is 2.57. The predicted octanol–water partition coefficient (Wildman–Crippen LogP) is 1.62. The molecular weight excluding hydrogens is 214 g/mol. The molecule has 0 radical (unpaired) electrons. The standard InChI is InChI=1S/C13H21N3O/c1-13(2,3)15-12(17)9-16(4)11-7-5-10(14)6-8-11/h5-8H,9,14H2,1-4H3,(H,15,17). The lowest BCUT2D eigenvalue weighted by Gasteiger charge is -2.24. The third-order valence-electron chi connectivity index (χ3n) is 2.23. The minimum absolute atomic E-state index is 0.0109. The Hall–Kier alpha value is -1.71. The van der Waals surface area contributed by atoms with Crippen molar-refractivity contribution in [2.24, 2.45) is 0 Å². The predicted molar refractivity (Wildman–Crippen MR) is 72.0 cm³/mol. The maximum Gasteiger partial charge on any atom is 0.239 e. The number of rotatable bonds is 3. The van der Waals surface area contributed by atoms with Gasteiger partial charge in [-0.05, 0) is 45.0 Å². The largest absolute Gasteiger partial charge is 0.399 e. The van der Waals surface area contributed by atoms with Gasteiger partial charge in [-0.2, -0.15) is 0 Å². The van der Waals surface area contributed by atoms with Crippen molar-refractivity contribution in [3.05, 3.63) is 24.3 Å². The van der Waals surface area contributed by atoms with E-state index in [1.807, 2.05) is 57.0 Å². The highest BCUT2D eigenvalue weighted by Gasteiger charge is 2.15. The SMILES string of the molecule is CN(CC(=O)NC(C)(C)C)c1ccc(N)cc1. The van der Waals surface area contributed by atoms with Crippen LogP contribution in [0, 0.1) is 0 Å². The second-order valence-electron chi connectivity index (χ2n) is 5.25. The Morgan fingerprint density at radius 2 is 1.82 bits per heavy atom. The molecule has 4 heteroatoms. The number of nitrogens with one attached hydrogen (secondary N) is 1. The molecule has 0 aromatic heterocycles. The molecule has 1 rings (SSSR count). The Labute approximate surface area is 103 Å². The molecule has 0 saturated carbocycles. The van der Waals surface area contributed by atoms with Gasteiger partial charge in [-0.25, -0.2) is 0 Å². The van der Waals surface area contributed by atoms with E-state index in [4.69, 9.17) is 5.73 Å². The fourth-order valence-corrected chi connectivity index (χ4v) is 1.49. The molecule has 17 heavy (non-hydrogen) atoms. The molecule has 0 aliphatic carbocycles. The highest BCUT2D eigenvalue weighted by Crippen LogP contribution is 2.14. The second kappa shape index (κ2) is 5.08. The molecule has 0 atom stereocenters. The number of anilines is 2. The fraction of sp³-hybridized carbons (Fsp3) is 0.462. The normalized spacial score (nSPS) is 11.1. The summed E-state index contributed by atoms with van der Waals surface area (Å²) in [6.07, 6.45) is 0. The number of amides is 1. The zero-order chi connectivity index (χ0) is 13.1. The Kier molecular flexibility index (Phi) is 3.99. The van der Waals surface area contributed by atoms with E-state index in [9.17, 15) is 4.79 Å². The second-order valence-corrected chi connectivity index (χ2v) is 5.25. The smallest absolute Gasteiger partial charge is 0.239 e. The van der Waals surface area contributed by atoms with Crippen molar-refractivity contribution in [2.75, 3.05) is 24.2 Å². The first-order chi connectivity index (χ1) is 7.78. The lowest BCUT2D eigenvalue weighted by Crippen LogP contribution is -2.45. The zero-order valence-electron chi connectivity index (χ0n) is 10.9. The number of likely N-dealkylation sites (N-methyl/N-ethyl adjacent to an activating group) is 1. The van der Waals surface area contributed by atoms with E-state index in [0.717, 1.165) is 11.4 Å². The first kappa shape index (κ1) is 13.4. The highest BCUT2D eigenvalue weighted by atomic mass is 16.2. The van der Waals surface area contributed by atoms with Crippen LogP contribution < -0.4 is 16.0 Å². The van der Waals surface area contributed by atoms with E-state index in [2.05, 4.69) is 5.32 Å². The molecule has 94 valence electrons. The van der Waals surface area contributed by atoms with Crippen LogP contribution in [0.25, 0.3) is 0 Å². The van der Waals surface area contributed by atoms with Crippen LogP contribution in [0.1, 0.15) is 20.8 Å². The van der Waals surface area contributed by atoms with E-state index < -0.39 is 0 Å². The average Bonchev–Trinajstić information content (AvgIpc) is 2.15. The molecule has 3 N–H and O–H groups in total. The van der Waals surface area contributed by atoms with Gasteiger partial charge in [-0.15, -0.1) is 0 Å². The third-order valence-corrected chi connectivity index (χ3v) is 2.23. The lowest BCUT2D eigenvalue weighted by molar-refractivity contribution is -0.121. The Bertz CT molecular complexity index is 379. The Morgan fingerprint density at radius 1 is 1.29 bits per heavy atom. The summed E-state index contributed by atoms with van der Waals surface area (Å²) in [5.41, 5.74) is 7.12. The number of nitrogens with two attached hydrogens (primary N) is 1. The van der Waals surface area contributed by atoms with Crippen molar-refractivity contribution in [3.63, 3.8) is 0 Å². The zero-order valence-corrected chi connectivity index (χ0v) is 10.9. The number of benzene rings is 1. The molecule has 1 amide bonds. The molecule has 0 aliphatic heterocycles. The summed E-state index contributed by atoms with van der Waals surface area (Å²) in [7, 11) is 1.88. The van der Waals surface area contributed by atoms with Gasteiger partial charge in [-0.1, -0.05) is 0 Å². The van der Waals surface area contributed by atoms with Crippen LogP contribution in [0.2, 0.25) is 0 Å². The number of nitrogen functional groups attached to an aromatic ring is 1. The van der Waals surface area contributed by atoms with Crippen LogP contribution >= 0.6 is 0 Å². The van der Waals surface area contributed by atoms with E-state index in [1.165, 1.54) is 0 Å². The number of nitrogens with zero attached hydrogens (tertiary/aromatic N) is 1. The van der Waals surface area contributed by atoms with Crippen molar-refractivity contribution in [3.8, 4) is 0 Å². The number of carbonyl (C=O) groups excluding carboxylic acids is 1. The van der Waals surface area contributed by atoms with Crippen LogP contribution in [0.15, 0.2) is 24.3 Å². The Morgan fingerprint density at radius 3 is 2.29 bits per heavy atom. The minimum atomic E-state index is -0.195. The lowest BCUT2D eigenvalue weighted by atomic mass is 10.1. The first-order valence-corrected chi connectivity index (χ1v) is 5.65. The van der Waals surface area contributed by atoms with Gasteiger partial charge >= 0.3 is 0 Å². The van der Waals surface area contributed by atoms with E-state index in [-0.39, 0.29) is 11.4 Å². The van der Waals surface area contributed by atoms with Crippen LogP contribution in [0.3, 0.4) is 0 Å². The molecule has 0 unspecified atom stereocenters. The quantitative estimate of drug-likeness (QED) is 0.783. The maximum atomic E-state index is 11.7. The number of carbonyl (C=O) groups is 1. The van der Waals surface area contributed by atoms with Crippen LogP contribution in [-0.2, 0) is 4.79 Å². The molecular formula is C13H21N3O. The van der Waals surface area contributed by atoms with Crippen LogP contribution in [0.5, 0.6) is 0 Å². The van der Waals surface area contributed by atoms with E-state index in [1.54, 1.807) is 0 Å². The molecule has 0 bridgehead atoms. The number of hydrogen-bond donors (Lipinski definition) is 2. The fourth-order valence-electron chi connectivity index (χ4n) is 1.49. The van der Waals surface area contributed by atoms with Crippen molar-refractivity contribution in [1.82, 2.24) is 5.32 Å². The molecule has 1 aromatic carbocycles. The van der Waals surface area contributed by atoms with Crippen molar-refractivity contribution >= 4 is 17.3 Å². The van der Waals surface area contributed by atoms with Crippen molar-refractivity contribution in [1.29, 1.82) is 0 Å². The van der Waals surface area contributed by atoms with Gasteiger partial charge in [0.05, 0.1) is 6.54 Å². The number of hydrogen-bond acceptors (Lipinski definition) is 3. The molecule has 0 saturated heterocycles. The summed E-state index contributed by atoms with van der Waals surface area (Å²) in [6.45, 7) is 6.23. The molecule has 0 spiro atoms. The summed E-state index contributed by atoms with van der Waals surface area (Å²) >= 11 is 0. The molecule has 1 aromatic rings. The maximum absolute atomic E-state index is 11.7. The average molecular weight is 235 g/mol. The third kappa shape index (κ3) is 4.76. The van der Waals surface area contributed by atoms with Gasteiger partial charge in [0.25, 0.3) is 0 Å². The van der Waals surface area contributed by atoms with Gasteiger partial charge < -0.3 is 16.0 Å². The van der Waals surface area contributed by atoms with Crippen molar-refractivity contribution in [2.45, 2.75) is 26.3 Å². The molecule has 4 nitrogen and oxygen atoms in total. The summed E-state index contributed by atoms with van der Waals surface area (Å²) in [6, 6.07) is 7.46. The molecule has 0 aliphatic rings.